The van der Waals surface area contributed by atoms with Gasteiger partial charge >= 0.3 is 0 Å². The minimum absolute atomic E-state index is 0.147. The smallest absolute Gasteiger partial charge is 0.271 e. The van der Waals surface area contributed by atoms with Crippen molar-refractivity contribution in [3.8, 4) is 5.95 Å². The van der Waals surface area contributed by atoms with Crippen molar-refractivity contribution in [1.29, 1.82) is 0 Å². The average molecular weight is 466 g/mol. The van der Waals surface area contributed by atoms with Gasteiger partial charge in [0.1, 0.15) is 0 Å². The molecule has 0 saturated heterocycles. The molecule has 4 rings (SSSR count). The molecule has 0 saturated carbocycles. The summed E-state index contributed by atoms with van der Waals surface area (Å²) >= 11 is 2.84. The average Bonchev–Trinajstić information content (AvgIpc) is 3.30. The number of anilines is 1. The Labute approximate surface area is 194 Å². The second kappa shape index (κ2) is 9.49. The van der Waals surface area contributed by atoms with Crippen LogP contribution in [0, 0.1) is 13.8 Å². The number of carbonyl (C=O) groups is 1. The first kappa shape index (κ1) is 22.0. The molecule has 0 radical (unpaired) electrons. The molecule has 1 atom stereocenters. The highest BCUT2D eigenvalue weighted by molar-refractivity contribution is 8.00. The second-order valence-corrected chi connectivity index (χ2v) is 9.58. The zero-order chi connectivity index (χ0) is 22.7. The molecule has 10 heteroatoms. The zero-order valence-electron chi connectivity index (χ0n) is 17.9. The van der Waals surface area contributed by atoms with Crippen LogP contribution in [0.3, 0.4) is 0 Å². The molecule has 0 aliphatic carbocycles. The number of carbonyl (C=O) groups excluding carboxylic acids is 1. The number of rotatable bonds is 7. The minimum atomic E-state index is -0.440. The van der Waals surface area contributed by atoms with Crippen molar-refractivity contribution >= 4 is 35.1 Å². The molecule has 1 amide bonds. The van der Waals surface area contributed by atoms with Crippen molar-refractivity contribution < 1.29 is 4.79 Å². The topological polar surface area (TPSA) is 104 Å². The number of aryl methyl sites for hydroxylation is 2. The van der Waals surface area contributed by atoms with Gasteiger partial charge in [-0.25, -0.2) is 9.36 Å². The number of hydrogen-bond donors (Lipinski definition) is 2. The van der Waals surface area contributed by atoms with Gasteiger partial charge in [0.05, 0.1) is 16.6 Å². The van der Waals surface area contributed by atoms with Crippen molar-refractivity contribution in [2.24, 2.45) is 0 Å². The van der Waals surface area contributed by atoms with Crippen LogP contribution in [-0.4, -0.2) is 35.8 Å². The van der Waals surface area contributed by atoms with Crippen LogP contribution in [0.25, 0.3) is 5.95 Å². The number of hydrogen-bond acceptors (Lipinski definition) is 7. The number of nitrogens with zero attached hydrogens (tertiary/aromatic N) is 5. The van der Waals surface area contributed by atoms with E-state index in [2.05, 4.69) is 20.6 Å². The minimum Gasteiger partial charge on any atom is -0.334 e. The highest BCUT2D eigenvalue weighted by Crippen LogP contribution is 2.33. The third-order valence-electron chi connectivity index (χ3n) is 4.61. The first-order valence-electron chi connectivity index (χ1n) is 9.96. The first-order valence-corrected chi connectivity index (χ1v) is 11.7. The van der Waals surface area contributed by atoms with Gasteiger partial charge in [-0.3, -0.25) is 4.79 Å². The van der Waals surface area contributed by atoms with E-state index >= 15 is 0 Å². The van der Waals surface area contributed by atoms with E-state index in [1.165, 1.54) is 16.4 Å². The van der Waals surface area contributed by atoms with Crippen LogP contribution in [0.15, 0.2) is 75.6 Å². The monoisotopic (exact) mass is 465 g/mol. The first-order chi connectivity index (χ1) is 15.4. The van der Waals surface area contributed by atoms with Crippen LogP contribution in [0.4, 0.5) is 5.69 Å². The molecular weight excluding hydrogens is 442 g/mol. The number of nitrogens with two attached hydrogens (primary N) is 1. The molecule has 164 valence electrons. The summed E-state index contributed by atoms with van der Waals surface area (Å²) in [4.78, 5) is 15.0. The highest BCUT2D eigenvalue weighted by atomic mass is 32.2. The summed E-state index contributed by atoms with van der Waals surface area (Å²) in [6.07, 6.45) is 0. The number of benzene rings is 2. The van der Waals surface area contributed by atoms with Crippen LogP contribution >= 0.6 is 23.5 Å². The number of thioether (sulfide) groups is 1. The molecule has 0 spiro atoms. The third-order valence-corrected chi connectivity index (χ3v) is 6.75. The summed E-state index contributed by atoms with van der Waals surface area (Å²) in [6, 6.07) is 19.7. The Morgan fingerprint density at radius 2 is 1.78 bits per heavy atom. The number of nitrogen functional groups attached to an aromatic ring is 1. The molecular formula is C22H23N7OS2. The molecule has 2 aromatic carbocycles. The largest absolute Gasteiger partial charge is 0.334 e. The summed E-state index contributed by atoms with van der Waals surface area (Å²) in [7, 11) is 0. The Morgan fingerprint density at radius 1 is 1.06 bits per heavy atom. The Balaban J connectivity index is 1.46. The van der Waals surface area contributed by atoms with Gasteiger partial charge < -0.3 is 11.2 Å². The second-order valence-electron chi connectivity index (χ2n) is 7.15. The summed E-state index contributed by atoms with van der Waals surface area (Å²) in [5.41, 5.74) is 2.52. The number of para-hydroxylation sites is 1. The van der Waals surface area contributed by atoms with Crippen molar-refractivity contribution in [3.05, 3.63) is 72.1 Å². The molecule has 32 heavy (non-hydrogen) atoms. The molecule has 0 fully saturated rings. The van der Waals surface area contributed by atoms with E-state index < -0.39 is 5.25 Å². The fourth-order valence-electron chi connectivity index (χ4n) is 3.05. The fourth-order valence-corrected chi connectivity index (χ4v) is 4.73. The maximum atomic E-state index is 12.9. The van der Waals surface area contributed by atoms with E-state index in [9.17, 15) is 4.79 Å². The van der Waals surface area contributed by atoms with E-state index in [1.807, 2.05) is 81.4 Å². The van der Waals surface area contributed by atoms with Crippen molar-refractivity contribution in [2.75, 3.05) is 11.2 Å². The van der Waals surface area contributed by atoms with Crippen LogP contribution in [0.2, 0.25) is 0 Å². The Hall–Kier alpha value is -3.24. The van der Waals surface area contributed by atoms with E-state index in [1.54, 1.807) is 16.4 Å². The molecule has 0 aliphatic rings. The van der Waals surface area contributed by atoms with Gasteiger partial charge in [-0.2, -0.15) is 5.10 Å². The maximum absolute atomic E-state index is 12.9. The molecule has 8 nitrogen and oxygen atoms in total. The van der Waals surface area contributed by atoms with Gasteiger partial charge in [0.2, 0.25) is 11.1 Å². The zero-order valence-corrected chi connectivity index (χ0v) is 19.5. The standard InChI is InChI=1S/C22H23N7OS2/c1-14-13-15(2)29(27-14)21-25-26-22(28(21)23)31-16(3)20(30)24-18-11-7-8-12-19(18)32-17-9-5-4-6-10-17/h4-13,16H,23H2,1-3H3,(H,24,30). The maximum Gasteiger partial charge on any atom is 0.271 e. The lowest BCUT2D eigenvalue weighted by atomic mass is 10.3. The molecule has 3 N–H and O–H groups in total. The lowest BCUT2D eigenvalue weighted by Crippen LogP contribution is -2.24. The SMILES string of the molecule is Cc1cc(C)n(-c2nnc(SC(C)C(=O)Nc3ccccc3Sc3ccccc3)n2N)n1. The van der Waals surface area contributed by atoms with Gasteiger partial charge in [-0.15, -0.1) is 10.2 Å². The van der Waals surface area contributed by atoms with Crippen LogP contribution < -0.4 is 11.2 Å². The predicted molar refractivity (Wildman–Crippen MR) is 128 cm³/mol. The van der Waals surface area contributed by atoms with Gasteiger partial charge in [0.15, 0.2) is 0 Å². The third kappa shape index (κ3) is 4.81. The van der Waals surface area contributed by atoms with Gasteiger partial charge in [0.25, 0.3) is 5.95 Å². The summed E-state index contributed by atoms with van der Waals surface area (Å²) in [5, 5.41) is 15.7. The lowest BCUT2D eigenvalue weighted by molar-refractivity contribution is -0.115. The van der Waals surface area contributed by atoms with Crippen LogP contribution in [-0.2, 0) is 4.79 Å². The molecule has 2 heterocycles. The Kier molecular flexibility index (Phi) is 6.52. The quantitative estimate of drug-likeness (QED) is 0.313. The van der Waals surface area contributed by atoms with E-state index in [0.29, 0.717) is 11.1 Å². The number of amides is 1. The van der Waals surface area contributed by atoms with E-state index in [-0.39, 0.29) is 5.91 Å². The Bertz CT molecular complexity index is 1240. The fraction of sp³-hybridized carbons (Fsp3) is 0.182. The molecule has 4 aromatic rings. The van der Waals surface area contributed by atoms with Crippen molar-refractivity contribution in [2.45, 2.75) is 41.0 Å². The highest BCUT2D eigenvalue weighted by Gasteiger charge is 2.21. The number of nitrogens with one attached hydrogen (secondary N) is 1. The van der Waals surface area contributed by atoms with Crippen molar-refractivity contribution in [3.63, 3.8) is 0 Å². The lowest BCUT2D eigenvalue weighted by Gasteiger charge is -2.14. The molecule has 0 aliphatic heterocycles. The van der Waals surface area contributed by atoms with Crippen LogP contribution in [0.5, 0.6) is 0 Å². The predicted octanol–water partition coefficient (Wildman–Crippen LogP) is 4.06. The molecule has 0 bridgehead atoms. The van der Waals surface area contributed by atoms with E-state index in [4.69, 9.17) is 5.84 Å². The van der Waals surface area contributed by atoms with Gasteiger partial charge in [-0.05, 0) is 51.1 Å². The summed E-state index contributed by atoms with van der Waals surface area (Å²) in [6.45, 7) is 5.63. The summed E-state index contributed by atoms with van der Waals surface area (Å²) in [5.74, 6) is 6.45. The summed E-state index contributed by atoms with van der Waals surface area (Å²) < 4.78 is 2.99. The van der Waals surface area contributed by atoms with Gasteiger partial charge in [-0.1, -0.05) is 53.9 Å². The molecule has 1 unspecified atom stereocenters. The Morgan fingerprint density at radius 3 is 2.50 bits per heavy atom. The van der Waals surface area contributed by atoms with Gasteiger partial charge in [0, 0.05) is 15.5 Å². The van der Waals surface area contributed by atoms with Crippen molar-refractivity contribution in [1.82, 2.24) is 24.7 Å². The molecule has 2 aromatic heterocycles. The van der Waals surface area contributed by atoms with Crippen LogP contribution in [0.1, 0.15) is 18.3 Å². The van der Waals surface area contributed by atoms with E-state index in [0.717, 1.165) is 26.9 Å². The number of aromatic nitrogens is 5. The normalized spacial score (nSPS) is 12.0.